The second-order valence-corrected chi connectivity index (χ2v) is 5.25. The van der Waals surface area contributed by atoms with Gasteiger partial charge in [-0.05, 0) is 37.1 Å². The van der Waals surface area contributed by atoms with Gasteiger partial charge in [0, 0.05) is 31.5 Å². The summed E-state index contributed by atoms with van der Waals surface area (Å²) in [5.74, 6) is 1.17. The topological polar surface area (TPSA) is 97.0 Å². The van der Waals surface area contributed by atoms with Crippen LogP contribution in [0.25, 0.3) is 0 Å². The first-order chi connectivity index (χ1) is 10.7. The van der Waals surface area contributed by atoms with Gasteiger partial charge in [0.2, 0.25) is 5.91 Å². The average molecular weight is 298 g/mol. The zero-order chi connectivity index (χ0) is 15.4. The average Bonchev–Trinajstić information content (AvgIpc) is 3.02. The van der Waals surface area contributed by atoms with E-state index in [-0.39, 0.29) is 0 Å². The molecule has 1 aliphatic heterocycles. The molecule has 1 aliphatic rings. The van der Waals surface area contributed by atoms with Crippen molar-refractivity contribution >= 4 is 17.5 Å². The van der Waals surface area contributed by atoms with Gasteiger partial charge < -0.3 is 16.0 Å². The normalized spacial score (nSPS) is 17.5. The molecule has 0 radical (unpaired) electrons. The molecule has 0 aromatic carbocycles. The van der Waals surface area contributed by atoms with Crippen LogP contribution in [0.1, 0.15) is 23.2 Å². The number of aromatic nitrogens is 3. The van der Waals surface area contributed by atoms with Crippen molar-refractivity contribution in [2.75, 3.05) is 23.3 Å². The van der Waals surface area contributed by atoms with Crippen LogP contribution in [0, 0.1) is 0 Å². The quantitative estimate of drug-likeness (QED) is 0.856. The van der Waals surface area contributed by atoms with Crippen LogP contribution in [-0.4, -0.2) is 40.2 Å². The maximum atomic E-state index is 11.0. The van der Waals surface area contributed by atoms with Crippen LogP contribution < -0.4 is 16.0 Å². The first kappa shape index (κ1) is 14.2. The molecule has 7 heteroatoms. The Balaban J connectivity index is 1.62. The largest absolute Gasteiger partial charge is 0.368 e. The van der Waals surface area contributed by atoms with Crippen molar-refractivity contribution in [2.45, 2.75) is 18.9 Å². The monoisotopic (exact) mass is 298 g/mol. The van der Waals surface area contributed by atoms with Gasteiger partial charge in [0.1, 0.15) is 5.82 Å². The molecular weight excluding hydrogens is 280 g/mol. The second kappa shape index (κ2) is 6.38. The van der Waals surface area contributed by atoms with Gasteiger partial charge in [-0.25, -0.2) is 4.98 Å². The molecule has 0 aliphatic carbocycles. The van der Waals surface area contributed by atoms with Gasteiger partial charge in [-0.2, -0.15) is 5.10 Å². The second-order valence-electron chi connectivity index (χ2n) is 5.25. The number of primary amides is 1. The highest BCUT2D eigenvalue weighted by Gasteiger charge is 2.25. The standard InChI is InChI=1S/C15H18N6O/c16-15(22)11-5-6-13(17-9-11)18-10-12-3-2-8-21(12)14-4-1-7-19-20-14/h1,4-7,9,12H,2-3,8,10H2,(H2,16,22)(H,17,18). The van der Waals surface area contributed by atoms with Crippen LogP contribution in [0.3, 0.4) is 0 Å². The number of pyridine rings is 1. The number of carbonyl (C=O) groups is 1. The van der Waals surface area contributed by atoms with Crippen LogP contribution >= 0.6 is 0 Å². The Morgan fingerprint density at radius 3 is 3.00 bits per heavy atom. The zero-order valence-corrected chi connectivity index (χ0v) is 12.1. The van der Waals surface area contributed by atoms with E-state index in [1.165, 1.54) is 6.20 Å². The highest BCUT2D eigenvalue weighted by molar-refractivity contribution is 5.92. The third-order valence-electron chi connectivity index (χ3n) is 3.80. The summed E-state index contributed by atoms with van der Waals surface area (Å²) in [4.78, 5) is 17.5. The van der Waals surface area contributed by atoms with Crippen molar-refractivity contribution in [3.63, 3.8) is 0 Å². The van der Waals surface area contributed by atoms with Gasteiger partial charge in [0.05, 0.1) is 5.56 Å². The van der Waals surface area contributed by atoms with E-state index in [0.717, 1.165) is 37.6 Å². The first-order valence-electron chi connectivity index (χ1n) is 7.28. The Hall–Kier alpha value is -2.70. The highest BCUT2D eigenvalue weighted by Crippen LogP contribution is 2.23. The van der Waals surface area contributed by atoms with Crippen molar-refractivity contribution in [1.82, 2.24) is 15.2 Å². The molecule has 0 bridgehead atoms. The highest BCUT2D eigenvalue weighted by atomic mass is 16.1. The van der Waals surface area contributed by atoms with Gasteiger partial charge in [-0.15, -0.1) is 5.10 Å². The van der Waals surface area contributed by atoms with Crippen molar-refractivity contribution < 1.29 is 4.79 Å². The van der Waals surface area contributed by atoms with Crippen LogP contribution in [0.4, 0.5) is 11.6 Å². The Bertz CT molecular complexity index is 630. The minimum atomic E-state index is -0.469. The van der Waals surface area contributed by atoms with Crippen LogP contribution in [-0.2, 0) is 0 Å². The maximum absolute atomic E-state index is 11.0. The van der Waals surface area contributed by atoms with Crippen molar-refractivity contribution in [2.24, 2.45) is 5.73 Å². The van der Waals surface area contributed by atoms with Crippen LogP contribution in [0.15, 0.2) is 36.7 Å². The molecular formula is C15H18N6O. The summed E-state index contributed by atoms with van der Waals surface area (Å²) in [6, 6.07) is 7.67. The molecule has 2 aromatic rings. The van der Waals surface area contributed by atoms with E-state index in [1.54, 1.807) is 18.3 Å². The number of nitrogens with two attached hydrogens (primary N) is 1. The van der Waals surface area contributed by atoms with E-state index in [2.05, 4.69) is 25.4 Å². The number of amides is 1. The summed E-state index contributed by atoms with van der Waals surface area (Å²) < 4.78 is 0. The molecule has 0 saturated carbocycles. The fourth-order valence-electron chi connectivity index (χ4n) is 2.66. The lowest BCUT2D eigenvalue weighted by molar-refractivity contribution is 0.1000. The molecule has 1 amide bonds. The molecule has 7 nitrogen and oxygen atoms in total. The minimum Gasteiger partial charge on any atom is -0.368 e. The molecule has 0 spiro atoms. The molecule has 2 aromatic heterocycles. The third-order valence-corrected chi connectivity index (χ3v) is 3.80. The lowest BCUT2D eigenvalue weighted by Gasteiger charge is -2.25. The number of nitrogens with one attached hydrogen (secondary N) is 1. The van der Waals surface area contributed by atoms with Crippen molar-refractivity contribution in [1.29, 1.82) is 0 Å². The Labute approximate surface area is 128 Å². The van der Waals surface area contributed by atoms with Gasteiger partial charge in [-0.3, -0.25) is 4.79 Å². The van der Waals surface area contributed by atoms with Crippen LogP contribution in [0.2, 0.25) is 0 Å². The predicted octanol–water partition coefficient (Wildman–Crippen LogP) is 1.05. The molecule has 3 rings (SSSR count). The van der Waals surface area contributed by atoms with Gasteiger partial charge in [0.25, 0.3) is 0 Å². The van der Waals surface area contributed by atoms with E-state index in [0.29, 0.717) is 11.6 Å². The van der Waals surface area contributed by atoms with E-state index in [1.807, 2.05) is 12.1 Å². The van der Waals surface area contributed by atoms with Gasteiger partial charge in [0.15, 0.2) is 5.82 Å². The molecule has 3 N–H and O–H groups in total. The van der Waals surface area contributed by atoms with Crippen molar-refractivity contribution in [3.05, 3.63) is 42.2 Å². The Morgan fingerprint density at radius 2 is 2.32 bits per heavy atom. The summed E-state index contributed by atoms with van der Waals surface area (Å²) in [7, 11) is 0. The van der Waals surface area contributed by atoms with E-state index in [4.69, 9.17) is 5.73 Å². The van der Waals surface area contributed by atoms with E-state index >= 15 is 0 Å². The number of nitrogens with zero attached hydrogens (tertiary/aromatic N) is 4. The zero-order valence-electron chi connectivity index (χ0n) is 12.1. The maximum Gasteiger partial charge on any atom is 0.250 e. The lowest BCUT2D eigenvalue weighted by atomic mass is 10.2. The molecule has 22 heavy (non-hydrogen) atoms. The molecule has 114 valence electrons. The summed E-state index contributed by atoms with van der Waals surface area (Å²) in [5, 5.41) is 11.4. The van der Waals surface area contributed by atoms with Crippen molar-refractivity contribution in [3.8, 4) is 0 Å². The Kier molecular flexibility index (Phi) is 4.13. The van der Waals surface area contributed by atoms with E-state index < -0.39 is 5.91 Å². The third kappa shape index (κ3) is 3.13. The summed E-state index contributed by atoms with van der Waals surface area (Å²) in [5.41, 5.74) is 5.61. The summed E-state index contributed by atoms with van der Waals surface area (Å²) in [6.45, 7) is 1.75. The molecule has 1 fully saturated rings. The van der Waals surface area contributed by atoms with E-state index in [9.17, 15) is 4.79 Å². The number of rotatable bonds is 5. The predicted molar refractivity (Wildman–Crippen MR) is 83.6 cm³/mol. The van der Waals surface area contributed by atoms with Gasteiger partial charge >= 0.3 is 0 Å². The fraction of sp³-hybridized carbons (Fsp3) is 0.333. The molecule has 1 atom stereocenters. The molecule has 1 unspecified atom stereocenters. The molecule has 3 heterocycles. The first-order valence-corrected chi connectivity index (χ1v) is 7.28. The fourth-order valence-corrected chi connectivity index (χ4v) is 2.66. The van der Waals surface area contributed by atoms with Crippen LogP contribution in [0.5, 0.6) is 0 Å². The summed E-state index contributed by atoms with van der Waals surface area (Å²) >= 11 is 0. The number of carbonyl (C=O) groups excluding carboxylic acids is 1. The van der Waals surface area contributed by atoms with Gasteiger partial charge in [-0.1, -0.05) is 0 Å². The number of anilines is 2. The minimum absolute atomic E-state index is 0.356. The summed E-state index contributed by atoms with van der Waals surface area (Å²) in [6.07, 6.45) is 5.40. The SMILES string of the molecule is NC(=O)c1ccc(NCC2CCCN2c2cccnn2)nc1. The Morgan fingerprint density at radius 1 is 1.41 bits per heavy atom. The molecule has 1 saturated heterocycles. The number of hydrogen-bond acceptors (Lipinski definition) is 6. The number of hydrogen-bond donors (Lipinski definition) is 2. The lowest BCUT2D eigenvalue weighted by Crippen LogP contribution is -2.35. The smallest absolute Gasteiger partial charge is 0.250 e.